The summed E-state index contributed by atoms with van der Waals surface area (Å²) in [6.07, 6.45) is 2.01. The summed E-state index contributed by atoms with van der Waals surface area (Å²) in [5.74, 6) is 0.748. The standard InChI is InChI=1S/C22H17N3O2/c1-14-7-12-19-23-20-17-5-3-4-6-18(17)22(26)25(21(20)24(19)13-14)15-8-10-16(27-2)11-9-15/h3-13H,1-2H3. The Balaban J connectivity index is 2.02. The lowest BCUT2D eigenvalue weighted by atomic mass is 10.1. The van der Waals surface area contributed by atoms with Crippen LogP contribution in [0.25, 0.3) is 33.3 Å². The Labute approximate surface area is 155 Å². The molecule has 0 radical (unpaired) electrons. The lowest BCUT2D eigenvalue weighted by Crippen LogP contribution is -2.20. The number of aromatic nitrogens is 3. The molecule has 27 heavy (non-hydrogen) atoms. The van der Waals surface area contributed by atoms with Gasteiger partial charge in [0.05, 0.1) is 12.8 Å². The zero-order valence-corrected chi connectivity index (χ0v) is 15.0. The van der Waals surface area contributed by atoms with Crippen LogP contribution >= 0.6 is 0 Å². The maximum absolute atomic E-state index is 13.4. The summed E-state index contributed by atoms with van der Waals surface area (Å²) in [7, 11) is 1.63. The molecule has 3 aromatic heterocycles. The first-order valence-electron chi connectivity index (χ1n) is 8.74. The molecule has 3 heterocycles. The van der Waals surface area contributed by atoms with E-state index in [1.807, 2.05) is 78.2 Å². The first-order chi connectivity index (χ1) is 13.2. The van der Waals surface area contributed by atoms with Crippen LogP contribution in [0.4, 0.5) is 0 Å². The van der Waals surface area contributed by atoms with E-state index in [1.54, 1.807) is 11.7 Å². The molecule has 2 aromatic carbocycles. The minimum atomic E-state index is -0.0634. The van der Waals surface area contributed by atoms with Gasteiger partial charge in [0.25, 0.3) is 5.56 Å². The van der Waals surface area contributed by atoms with E-state index >= 15 is 0 Å². The van der Waals surface area contributed by atoms with E-state index in [0.29, 0.717) is 5.39 Å². The fourth-order valence-corrected chi connectivity index (χ4v) is 3.60. The highest BCUT2D eigenvalue weighted by atomic mass is 16.5. The second-order valence-corrected chi connectivity index (χ2v) is 6.60. The summed E-state index contributed by atoms with van der Waals surface area (Å²) in [4.78, 5) is 18.2. The van der Waals surface area contributed by atoms with Gasteiger partial charge in [-0.2, -0.15) is 0 Å². The number of methoxy groups -OCH3 is 1. The molecule has 0 bridgehead atoms. The Morgan fingerprint density at radius 3 is 2.41 bits per heavy atom. The zero-order valence-electron chi connectivity index (χ0n) is 15.0. The summed E-state index contributed by atoms with van der Waals surface area (Å²) < 4.78 is 8.98. The second kappa shape index (κ2) is 5.71. The van der Waals surface area contributed by atoms with Crippen molar-refractivity contribution in [1.82, 2.24) is 14.0 Å². The summed E-state index contributed by atoms with van der Waals surface area (Å²) in [5, 5.41) is 1.52. The predicted octanol–water partition coefficient (Wildman–Crippen LogP) is 4.11. The topological polar surface area (TPSA) is 48.5 Å². The Kier molecular flexibility index (Phi) is 3.31. The number of hydrogen-bond acceptors (Lipinski definition) is 3. The van der Waals surface area contributed by atoms with Crippen LogP contribution in [0.15, 0.2) is 71.7 Å². The molecular weight excluding hydrogens is 338 g/mol. The lowest BCUT2D eigenvalue weighted by Gasteiger charge is -2.11. The van der Waals surface area contributed by atoms with Crippen molar-refractivity contribution in [2.45, 2.75) is 6.92 Å². The third kappa shape index (κ3) is 2.25. The van der Waals surface area contributed by atoms with Gasteiger partial charge < -0.3 is 4.74 Å². The normalized spacial score (nSPS) is 11.5. The van der Waals surface area contributed by atoms with E-state index < -0.39 is 0 Å². The number of imidazole rings is 1. The first kappa shape index (κ1) is 15.6. The van der Waals surface area contributed by atoms with Crippen molar-refractivity contribution >= 4 is 27.6 Å². The Hall–Kier alpha value is -3.60. The maximum atomic E-state index is 13.4. The minimum absolute atomic E-state index is 0.0634. The van der Waals surface area contributed by atoms with E-state index in [2.05, 4.69) is 0 Å². The quantitative estimate of drug-likeness (QED) is 0.479. The highest BCUT2D eigenvalue weighted by molar-refractivity contribution is 6.04. The summed E-state index contributed by atoms with van der Waals surface area (Å²) in [6.45, 7) is 2.03. The van der Waals surface area contributed by atoms with Gasteiger partial charge in [-0.1, -0.05) is 24.3 Å². The SMILES string of the molecule is COc1ccc(-n2c(=O)c3ccccc3c3nc4ccc(C)cn4c32)cc1. The van der Waals surface area contributed by atoms with Gasteiger partial charge in [-0.15, -0.1) is 0 Å². The van der Waals surface area contributed by atoms with Crippen LogP contribution in [0.2, 0.25) is 0 Å². The number of hydrogen-bond donors (Lipinski definition) is 0. The van der Waals surface area contributed by atoms with E-state index in [-0.39, 0.29) is 5.56 Å². The van der Waals surface area contributed by atoms with Gasteiger partial charge in [0.1, 0.15) is 16.9 Å². The highest BCUT2D eigenvalue weighted by Crippen LogP contribution is 2.26. The van der Waals surface area contributed by atoms with E-state index in [9.17, 15) is 4.79 Å². The average molecular weight is 355 g/mol. The zero-order chi connectivity index (χ0) is 18.5. The van der Waals surface area contributed by atoms with E-state index in [1.165, 1.54) is 0 Å². The largest absolute Gasteiger partial charge is 0.497 e. The Morgan fingerprint density at radius 2 is 1.67 bits per heavy atom. The van der Waals surface area contributed by atoms with Gasteiger partial charge in [-0.05, 0) is 48.9 Å². The molecule has 5 aromatic rings. The Morgan fingerprint density at radius 1 is 0.926 bits per heavy atom. The second-order valence-electron chi connectivity index (χ2n) is 6.60. The van der Waals surface area contributed by atoms with Crippen molar-refractivity contribution < 1.29 is 4.74 Å². The molecule has 5 nitrogen and oxygen atoms in total. The number of ether oxygens (including phenoxy) is 1. The number of benzene rings is 2. The van der Waals surface area contributed by atoms with Crippen LogP contribution in [-0.4, -0.2) is 21.1 Å². The molecule has 0 fully saturated rings. The third-order valence-electron chi connectivity index (χ3n) is 4.90. The molecule has 0 amide bonds. The molecule has 0 spiro atoms. The molecule has 5 rings (SSSR count). The first-order valence-corrected chi connectivity index (χ1v) is 8.74. The average Bonchev–Trinajstić information content (AvgIpc) is 3.07. The van der Waals surface area contributed by atoms with Crippen LogP contribution in [-0.2, 0) is 0 Å². The molecule has 0 aliphatic rings. The van der Waals surface area contributed by atoms with Gasteiger partial charge in [-0.3, -0.25) is 13.8 Å². The maximum Gasteiger partial charge on any atom is 0.264 e. The van der Waals surface area contributed by atoms with Gasteiger partial charge in [0.2, 0.25) is 0 Å². The molecule has 0 N–H and O–H groups in total. The fourth-order valence-electron chi connectivity index (χ4n) is 3.60. The monoisotopic (exact) mass is 355 g/mol. The van der Waals surface area contributed by atoms with E-state index in [4.69, 9.17) is 9.72 Å². The summed E-state index contributed by atoms with van der Waals surface area (Å²) in [5.41, 5.74) is 4.21. The summed E-state index contributed by atoms with van der Waals surface area (Å²) >= 11 is 0. The Bertz CT molecular complexity index is 1380. The number of nitrogens with zero attached hydrogens (tertiary/aromatic N) is 3. The molecule has 132 valence electrons. The molecule has 0 aliphatic carbocycles. The van der Waals surface area contributed by atoms with Gasteiger partial charge >= 0.3 is 0 Å². The molecular formula is C22H17N3O2. The number of fused-ring (bicyclic) bond motifs is 5. The van der Waals surface area contributed by atoms with Crippen LogP contribution < -0.4 is 10.3 Å². The smallest absolute Gasteiger partial charge is 0.264 e. The van der Waals surface area contributed by atoms with Crippen molar-refractivity contribution in [1.29, 1.82) is 0 Å². The van der Waals surface area contributed by atoms with Crippen LogP contribution in [0.5, 0.6) is 5.75 Å². The fraction of sp³-hybridized carbons (Fsp3) is 0.0909. The molecule has 0 atom stereocenters. The number of rotatable bonds is 2. The summed E-state index contributed by atoms with van der Waals surface area (Å²) in [6, 6.07) is 19.1. The molecule has 0 saturated heterocycles. The van der Waals surface area contributed by atoms with Gasteiger partial charge in [0.15, 0.2) is 5.65 Å². The van der Waals surface area contributed by atoms with Crippen LogP contribution in [0.1, 0.15) is 5.56 Å². The van der Waals surface area contributed by atoms with Gasteiger partial charge in [-0.25, -0.2) is 4.98 Å². The molecule has 0 aliphatic heterocycles. The van der Waals surface area contributed by atoms with Crippen LogP contribution in [0, 0.1) is 6.92 Å². The minimum Gasteiger partial charge on any atom is -0.497 e. The van der Waals surface area contributed by atoms with Crippen molar-refractivity contribution in [2.75, 3.05) is 7.11 Å². The molecule has 0 unspecified atom stereocenters. The van der Waals surface area contributed by atoms with Crippen LogP contribution in [0.3, 0.4) is 0 Å². The lowest BCUT2D eigenvalue weighted by molar-refractivity contribution is 0.414. The molecule has 5 heteroatoms. The molecule has 0 saturated carbocycles. The number of pyridine rings is 2. The predicted molar refractivity (Wildman–Crippen MR) is 107 cm³/mol. The van der Waals surface area contributed by atoms with Crippen molar-refractivity contribution in [3.05, 3.63) is 82.8 Å². The van der Waals surface area contributed by atoms with Crippen molar-refractivity contribution in [3.63, 3.8) is 0 Å². The van der Waals surface area contributed by atoms with Gasteiger partial charge in [0, 0.05) is 17.0 Å². The van der Waals surface area contributed by atoms with Crippen molar-refractivity contribution in [3.8, 4) is 11.4 Å². The van der Waals surface area contributed by atoms with E-state index in [0.717, 1.165) is 39.2 Å². The van der Waals surface area contributed by atoms with Crippen molar-refractivity contribution in [2.24, 2.45) is 0 Å². The third-order valence-corrected chi connectivity index (χ3v) is 4.90. The number of aryl methyl sites for hydroxylation is 1. The highest BCUT2D eigenvalue weighted by Gasteiger charge is 2.17.